The summed E-state index contributed by atoms with van der Waals surface area (Å²) in [6.07, 6.45) is 1.97. The van der Waals surface area contributed by atoms with Crippen LogP contribution in [0.15, 0.2) is 28.6 Å². The monoisotopic (exact) mass is 107 g/mol. The molecule has 1 aliphatic heterocycles. The molecule has 0 atom stereocenters. The van der Waals surface area contributed by atoms with Crippen LogP contribution in [0.5, 0.6) is 0 Å². The summed E-state index contributed by atoms with van der Waals surface area (Å²) in [7, 11) is 0. The zero-order valence-electron chi connectivity index (χ0n) is 4.28. The first-order valence-electron chi connectivity index (χ1n) is 2.49. The van der Waals surface area contributed by atoms with E-state index in [1.807, 2.05) is 22.9 Å². The summed E-state index contributed by atoms with van der Waals surface area (Å²) in [5.41, 5.74) is 0. The lowest BCUT2D eigenvalue weighted by atomic mass is 10.6. The average Bonchev–Trinajstić information content (AvgIpc) is 2.15. The molecule has 0 fully saturated rings. The fourth-order valence-corrected chi connectivity index (χ4v) is 0.788. The van der Waals surface area contributed by atoms with Gasteiger partial charge in [-0.2, -0.15) is 5.11 Å². The van der Waals surface area contributed by atoms with E-state index in [2.05, 4.69) is 10.2 Å². The van der Waals surface area contributed by atoms with Gasteiger partial charge in [-0.3, -0.25) is 0 Å². The SMILES string of the molecule is c1cc2n(c1)CN=N2. The molecule has 0 amide bonds. The lowest BCUT2D eigenvalue weighted by Gasteiger charge is -1.85. The molecule has 40 valence electrons. The van der Waals surface area contributed by atoms with Crippen LogP contribution in [0, 0.1) is 0 Å². The number of hydrogen-bond donors (Lipinski definition) is 0. The van der Waals surface area contributed by atoms with Crippen LogP contribution in [0.2, 0.25) is 0 Å². The van der Waals surface area contributed by atoms with Gasteiger partial charge in [0, 0.05) is 6.20 Å². The summed E-state index contributed by atoms with van der Waals surface area (Å²) in [4.78, 5) is 0. The Morgan fingerprint density at radius 1 is 1.62 bits per heavy atom. The summed E-state index contributed by atoms with van der Waals surface area (Å²) in [5.74, 6) is 0.963. The van der Waals surface area contributed by atoms with Crippen molar-refractivity contribution in [3.8, 4) is 0 Å². The Morgan fingerprint density at radius 3 is 3.50 bits per heavy atom. The highest BCUT2D eigenvalue weighted by Gasteiger charge is 2.01. The Hall–Kier alpha value is -1.12. The largest absolute Gasteiger partial charge is 0.310 e. The third kappa shape index (κ3) is 0.332. The van der Waals surface area contributed by atoms with E-state index in [1.54, 1.807) is 0 Å². The Balaban J connectivity index is 2.67. The minimum atomic E-state index is 0.697. The van der Waals surface area contributed by atoms with E-state index in [-0.39, 0.29) is 0 Å². The minimum absolute atomic E-state index is 0.697. The second-order valence-electron chi connectivity index (χ2n) is 1.72. The van der Waals surface area contributed by atoms with Crippen LogP contribution in [0.3, 0.4) is 0 Å². The fraction of sp³-hybridized carbons (Fsp3) is 0.200. The van der Waals surface area contributed by atoms with Crippen LogP contribution in [-0.4, -0.2) is 4.57 Å². The van der Waals surface area contributed by atoms with Crippen molar-refractivity contribution in [3.05, 3.63) is 18.3 Å². The molecular weight excluding hydrogens is 102 g/mol. The summed E-state index contributed by atoms with van der Waals surface area (Å²) in [5, 5.41) is 7.65. The topological polar surface area (TPSA) is 29.6 Å². The molecule has 2 rings (SSSR count). The second-order valence-corrected chi connectivity index (χ2v) is 1.72. The van der Waals surface area contributed by atoms with Gasteiger partial charge in [-0.15, -0.1) is 5.11 Å². The Kier molecular flexibility index (Phi) is 0.566. The standard InChI is InChI=1S/C5H5N3/c1-2-5-7-6-4-8(5)3-1/h1-3H,4H2. The third-order valence-electron chi connectivity index (χ3n) is 1.19. The van der Waals surface area contributed by atoms with Crippen LogP contribution >= 0.6 is 0 Å². The van der Waals surface area contributed by atoms with E-state index < -0.39 is 0 Å². The van der Waals surface area contributed by atoms with E-state index in [0.717, 1.165) is 5.82 Å². The van der Waals surface area contributed by atoms with Crippen molar-refractivity contribution >= 4 is 5.82 Å². The normalized spacial score (nSPS) is 14.5. The van der Waals surface area contributed by atoms with Gasteiger partial charge >= 0.3 is 0 Å². The summed E-state index contributed by atoms with van der Waals surface area (Å²) in [6.45, 7) is 0.697. The van der Waals surface area contributed by atoms with E-state index in [9.17, 15) is 0 Å². The molecule has 0 N–H and O–H groups in total. The molecule has 0 radical (unpaired) electrons. The van der Waals surface area contributed by atoms with Crippen molar-refractivity contribution in [1.82, 2.24) is 4.57 Å². The summed E-state index contributed by atoms with van der Waals surface area (Å²) in [6, 6.07) is 3.91. The Bertz CT molecular complexity index is 223. The predicted octanol–water partition coefficient (Wildman–Crippen LogP) is 1.54. The predicted molar refractivity (Wildman–Crippen MR) is 28.9 cm³/mol. The number of azo groups is 1. The van der Waals surface area contributed by atoms with Gasteiger partial charge in [0.15, 0.2) is 5.82 Å². The van der Waals surface area contributed by atoms with Gasteiger partial charge in [-0.25, -0.2) is 0 Å². The number of hydrogen-bond acceptors (Lipinski definition) is 2. The molecule has 8 heavy (non-hydrogen) atoms. The molecule has 0 aromatic carbocycles. The third-order valence-corrected chi connectivity index (χ3v) is 1.19. The molecule has 1 aliphatic rings. The minimum Gasteiger partial charge on any atom is -0.310 e. The molecule has 0 spiro atoms. The number of aromatic nitrogens is 1. The van der Waals surface area contributed by atoms with Crippen LogP contribution in [0.25, 0.3) is 0 Å². The van der Waals surface area contributed by atoms with E-state index >= 15 is 0 Å². The first-order chi connectivity index (χ1) is 3.97. The number of rotatable bonds is 0. The molecule has 1 aromatic heterocycles. The molecule has 1 aromatic rings. The first-order valence-corrected chi connectivity index (χ1v) is 2.49. The van der Waals surface area contributed by atoms with Crippen molar-refractivity contribution in [2.24, 2.45) is 10.2 Å². The van der Waals surface area contributed by atoms with Crippen molar-refractivity contribution in [1.29, 1.82) is 0 Å². The fourth-order valence-electron chi connectivity index (χ4n) is 0.788. The molecule has 3 heteroatoms. The smallest absolute Gasteiger partial charge is 0.156 e. The van der Waals surface area contributed by atoms with E-state index in [4.69, 9.17) is 0 Å². The summed E-state index contributed by atoms with van der Waals surface area (Å²) >= 11 is 0. The van der Waals surface area contributed by atoms with Gasteiger partial charge in [0.05, 0.1) is 0 Å². The Morgan fingerprint density at radius 2 is 2.62 bits per heavy atom. The van der Waals surface area contributed by atoms with Crippen molar-refractivity contribution in [3.63, 3.8) is 0 Å². The van der Waals surface area contributed by atoms with Gasteiger partial charge in [-0.05, 0) is 12.1 Å². The lowest BCUT2D eigenvalue weighted by molar-refractivity contribution is 0.780. The number of nitrogens with zero attached hydrogens (tertiary/aromatic N) is 3. The van der Waals surface area contributed by atoms with E-state index in [1.165, 1.54) is 0 Å². The number of fused-ring (bicyclic) bond motifs is 1. The second kappa shape index (κ2) is 1.18. The molecule has 0 aliphatic carbocycles. The summed E-state index contributed by atoms with van der Waals surface area (Å²) < 4.78 is 1.99. The highest BCUT2D eigenvalue weighted by molar-refractivity contribution is 5.29. The molecule has 0 bridgehead atoms. The molecule has 0 saturated carbocycles. The molecule has 2 heterocycles. The van der Waals surface area contributed by atoms with Gasteiger partial charge in [-0.1, -0.05) is 0 Å². The lowest BCUT2D eigenvalue weighted by Crippen LogP contribution is -1.83. The van der Waals surface area contributed by atoms with Crippen LogP contribution in [-0.2, 0) is 6.67 Å². The van der Waals surface area contributed by atoms with Crippen LogP contribution < -0.4 is 0 Å². The maximum Gasteiger partial charge on any atom is 0.156 e. The highest BCUT2D eigenvalue weighted by atomic mass is 15.3. The van der Waals surface area contributed by atoms with Gasteiger partial charge in [0.25, 0.3) is 0 Å². The highest BCUT2D eigenvalue weighted by Crippen LogP contribution is 2.18. The maximum atomic E-state index is 3.85. The van der Waals surface area contributed by atoms with E-state index in [0.29, 0.717) is 6.67 Å². The maximum absolute atomic E-state index is 3.85. The quantitative estimate of drug-likeness (QED) is 0.481. The average molecular weight is 107 g/mol. The Labute approximate surface area is 46.7 Å². The molecule has 0 saturated heterocycles. The van der Waals surface area contributed by atoms with Crippen LogP contribution in [0.1, 0.15) is 0 Å². The zero-order valence-corrected chi connectivity index (χ0v) is 4.28. The zero-order chi connectivity index (χ0) is 5.40. The van der Waals surface area contributed by atoms with Gasteiger partial charge in [0.2, 0.25) is 0 Å². The molecule has 0 unspecified atom stereocenters. The molecule has 3 nitrogen and oxygen atoms in total. The van der Waals surface area contributed by atoms with Gasteiger partial charge < -0.3 is 4.57 Å². The van der Waals surface area contributed by atoms with Crippen molar-refractivity contribution < 1.29 is 0 Å². The first kappa shape index (κ1) is 3.83. The molecular formula is C5H5N3. The van der Waals surface area contributed by atoms with Gasteiger partial charge in [0.1, 0.15) is 6.67 Å². The van der Waals surface area contributed by atoms with Crippen LogP contribution in [0.4, 0.5) is 5.82 Å². The van der Waals surface area contributed by atoms with Crippen molar-refractivity contribution in [2.45, 2.75) is 6.67 Å². The van der Waals surface area contributed by atoms with Crippen molar-refractivity contribution in [2.75, 3.05) is 0 Å².